The number of aromatic nitrogens is 4. The lowest BCUT2D eigenvalue weighted by Crippen LogP contribution is -2.41. The number of benzene rings is 2. The third-order valence-electron chi connectivity index (χ3n) is 5.54. The van der Waals surface area contributed by atoms with Crippen molar-refractivity contribution in [1.82, 2.24) is 19.3 Å². The molecule has 32 heavy (non-hydrogen) atoms. The minimum absolute atomic E-state index is 0.128. The number of carbonyl (C=O) groups is 1. The summed E-state index contributed by atoms with van der Waals surface area (Å²) in [5.74, 6) is 0.454. The Morgan fingerprint density at radius 3 is 2.84 bits per heavy atom. The normalized spacial score (nSPS) is 13.2. The second-order valence-corrected chi connectivity index (χ2v) is 8.20. The van der Waals surface area contributed by atoms with Crippen LogP contribution in [0.15, 0.2) is 53.7 Å². The molecule has 0 aliphatic carbocycles. The zero-order valence-corrected chi connectivity index (χ0v) is 18.3. The number of halogens is 1. The van der Waals surface area contributed by atoms with E-state index in [1.807, 2.05) is 38.1 Å². The fraction of sp³-hybridized carbons (Fsp3) is 0.217. The van der Waals surface area contributed by atoms with Gasteiger partial charge >= 0.3 is 0 Å². The number of rotatable bonds is 3. The molecule has 1 aliphatic rings. The zero-order valence-electron chi connectivity index (χ0n) is 17.6. The molecule has 1 amide bonds. The zero-order chi connectivity index (χ0) is 22.4. The molecule has 162 valence electrons. The third kappa shape index (κ3) is 3.42. The molecule has 0 saturated heterocycles. The van der Waals surface area contributed by atoms with E-state index in [9.17, 15) is 9.59 Å². The Labute approximate surface area is 188 Å². The highest BCUT2D eigenvalue weighted by Crippen LogP contribution is 2.32. The lowest BCUT2D eigenvalue weighted by Gasteiger charge is -2.30. The summed E-state index contributed by atoms with van der Waals surface area (Å²) < 4.78 is 8.56. The molecule has 3 heterocycles. The van der Waals surface area contributed by atoms with Gasteiger partial charge in [-0.3, -0.25) is 14.2 Å². The van der Waals surface area contributed by atoms with Crippen LogP contribution >= 0.6 is 11.6 Å². The Bertz CT molecular complexity index is 1430. The molecular weight excluding hydrogens is 430 g/mol. The SMILES string of the molecule is Cc1ccc2c(c1)N(C(=O)Cn1cnc3c(cnn3-c3cc(Cl)ccc3C)c1=O)CCO2. The number of nitrogens with zero attached hydrogens (tertiary/aromatic N) is 5. The molecule has 2 aromatic heterocycles. The van der Waals surface area contributed by atoms with Crippen LogP contribution in [0.4, 0.5) is 5.69 Å². The van der Waals surface area contributed by atoms with E-state index in [-0.39, 0.29) is 18.0 Å². The standard InChI is InChI=1S/C23H20ClN5O3/c1-14-3-6-20-19(9-14)28(7-8-32-20)21(30)12-27-13-25-22-17(23(27)31)11-26-29(22)18-10-16(24)5-4-15(18)2/h3-6,9-11,13H,7-8,12H2,1-2H3. The lowest BCUT2D eigenvalue weighted by atomic mass is 10.1. The number of anilines is 1. The van der Waals surface area contributed by atoms with Gasteiger partial charge in [-0.2, -0.15) is 5.10 Å². The molecule has 0 bridgehead atoms. The molecule has 1 aliphatic heterocycles. The van der Waals surface area contributed by atoms with Crippen molar-refractivity contribution in [3.8, 4) is 11.4 Å². The van der Waals surface area contributed by atoms with Gasteiger partial charge < -0.3 is 9.64 Å². The van der Waals surface area contributed by atoms with E-state index in [1.165, 1.54) is 17.1 Å². The average molecular weight is 450 g/mol. The van der Waals surface area contributed by atoms with Gasteiger partial charge in [0.1, 0.15) is 30.6 Å². The summed E-state index contributed by atoms with van der Waals surface area (Å²) in [6.45, 7) is 4.59. The summed E-state index contributed by atoms with van der Waals surface area (Å²) in [6.07, 6.45) is 2.86. The van der Waals surface area contributed by atoms with Gasteiger partial charge in [0.15, 0.2) is 5.65 Å². The number of ether oxygens (including phenoxy) is 1. The largest absolute Gasteiger partial charge is 0.490 e. The minimum atomic E-state index is -0.327. The minimum Gasteiger partial charge on any atom is -0.490 e. The summed E-state index contributed by atoms with van der Waals surface area (Å²) in [5.41, 5.74) is 3.52. The summed E-state index contributed by atoms with van der Waals surface area (Å²) in [4.78, 5) is 32.3. The maximum Gasteiger partial charge on any atom is 0.264 e. The van der Waals surface area contributed by atoms with E-state index in [0.29, 0.717) is 40.6 Å². The van der Waals surface area contributed by atoms with Crippen LogP contribution in [-0.4, -0.2) is 38.4 Å². The smallest absolute Gasteiger partial charge is 0.264 e. The van der Waals surface area contributed by atoms with Crippen LogP contribution in [0, 0.1) is 13.8 Å². The van der Waals surface area contributed by atoms with Crippen molar-refractivity contribution in [2.45, 2.75) is 20.4 Å². The fourth-order valence-corrected chi connectivity index (χ4v) is 4.03. The maximum absolute atomic E-state index is 13.1. The van der Waals surface area contributed by atoms with Gasteiger partial charge in [-0.1, -0.05) is 23.7 Å². The highest BCUT2D eigenvalue weighted by Gasteiger charge is 2.24. The molecule has 0 N–H and O–H groups in total. The Balaban J connectivity index is 1.49. The van der Waals surface area contributed by atoms with Crippen LogP contribution < -0.4 is 15.2 Å². The molecule has 0 atom stereocenters. The van der Waals surface area contributed by atoms with Crippen molar-refractivity contribution in [1.29, 1.82) is 0 Å². The molecule has 9 heteroatoms. The van der Waals surface area contributed by atoms with Crippen molar-refractivity contribution in [3.63, 3.8) is 0 Å². The van der Waals surface area contributed by atoms with Gasteiger partial charge in [0.25, 0.3) is 5.56 Å². The van der Waals surface area contributed by atoms with Crippen LogP contribution in [0.3, 0.4) is 0 Å². The number of hydrogen-bond donors (Lipinski definition) is 0. The van der Waals surface area contributed by atoms with Crippen molar-refractivity contribution in [2.24, 2.45) is 0 Å². The maximum atomic E-state index is 13.1. The third-order valence-corrected chi connectivity index (χ3v) is 5.77. The van der Waals surface area contributed by atoms with E-state index in [2.05, 4.69) is 10.1 Å². The highest BCUT2D eigenvalue weighted by molar-refractivity contribution is 6.30. The highest BCUT2D eigenvalue weighted by atomic mass is 35.5. The number of aryl methyl sites for hydroxylation is 2. The summed E-state index contributed by atoms with van der Waals surface area (Å²) in [7, 11) is 0. The van der Waals surface area contributed by atoms with Crippen molar-refractivity contribution >= 4 is 34.2 Å². The quantitative estimate of drug-likeness (QED) is 0.479. The second kappa shape index (κ2) is 7.80. The summed E-state index contributed by atoms with van der Waals surface area (Å²) >= 11 is 6.14. The molecule has 0 saturated carbocycles. The van der Waals surface area contributed by atoms with Crippen molar-refractivity contribution in [3.05, 3.63) is 75.4 Å². The predicted molar refractivity (Wildman–Crippen MR) is 122 cm³/mol. The van der Waals surface area contributed by atoms with Crippen molar-refractivity contribution in [2.75, 3.05) is 18.1 Å². The summed E-state index contributed by atoms with van der Waals surface area (Å²) in [6, 6.07) is 11.2. The van der Waals surface area contributed by atoms with Crippen LogP contribution in [0.1, 0.15) is 11.1 Å². The molecular formula is C23H20ClN5O3. The Hall–Kier alpha value is -3.65. The Morgan fingerprint density at radius 1 is 1.16 bits per heavy atom. The fourth-order valence-electron chi connectivity index (χ4n) is 3.87. The summed E-state index contributed by atoms with van der Waals surface area (Å²) in [5, 5.41) is 5.24. The molecule has 0 fully saturated rings. The molecule has 2 aromatic carbocycles. The number of amides is 1. The van der Waals surface area contributed by atoms with E-state index in [4.69, 9.17) is 16.3 Å². The Morgan fingerprint density at radius 2 is 2.00 bits per heavy atom. The van der Waals surface area contributed by atoms with Gasteiger partial charge in [0, 0.05) is 5.02 Å². The molecule has 8 nitrogen and oxygen atoms in total. The topological polar surface area (TPSA) is 82.3 Å². The molecule has 0 spiro atoms. The molecule has 5 rings (SSSR count). The first kappa shape index (κ1) is 20.3. The van der Waals surface area contributed by atoms with Gasteiger partial charge in [0.2, 0.25) is 5.91 Å². The van der Waals surface area contributed by atoms with Crippen LogP contribution in [-0.2, 0) is 11.3 Å². The van der Waals surface area contributed by atoms with E-state index in [0.717, 1.165) is 16.8 Å². The number of hydrogen-bond acceptors (Lipinski definition) is 5. The Kier molecular flexibility index (Phi) is 4.94. The number of fused-ring (bicyclic) bond motifs is 2. The first-order valence-electron chi connectivity index (χ1n) is 10.2. The van der Waals surface area contributed by atoms with Gasteiger partial charge in [-0.25, -0.2) is 9.67 Å². The first-order chi connectivity index (χ1) is 15.4. The van der Waals surface area contributed by atoms with E-state index >= 15 is 0 Å². The van der Waals surface area contributed by atoms with Crippen molar-refractivity contribution < 1.29 is 9.53 Å². The predicted octanol–water partition coefficient (Wildman–Crippen LogP) is 3.28. The van der Waals surface area contributed by atoms with Crippen LogP contribution in [0.2, 0.25) is 5.02 Å². The van der Waals surface area contributed by atoms with Gasteiger partial charge in [-0.15, -0.1) is 0 Å². The number of carbonyl (C=O) groups excluding carboxylic acids is 1. The van der Waals surface area contributed by atoms with Crippen LogP contribution in [0.25, 0.3) is 16.7 Å². The lowest BCUT2D eigenvalue weighted by molar-refractivity contribution is -0.119. The molecule has 0 unspecified atom stereocenters. The second-order valence-electron chi connectivity index (χ2n) is 7.77. The van der Waals surface area contributed by atoms with Gasteiger partial charge in [-0.05, 0) is 49.2 Å². The monoisotopic (exact) mass is 449 g/mol. The van der Waals surface area contributed by atoms with E-state index < -0.39 is 0 Å². The van der Waals surface area contributed by atoms with Crippen LogP contribution in [0.5, 0.6) is 5.75 Å². The molecule has 0 radical (unpaired) electrons. The van der Waals surface area contributed by atoms with E-state index in [1.54, 1.807) is 21.7 Å². The van der Waals surface area contributed by atoms with Gasteiger partial charge in [0.05, 0.1) is 24.1 Å². The molecule has 4 aromatic rings. The average Bonchev–Trinajstić information content (AvgIpc) is 3.21. The first-order valence-corrected chi connectivity index (χ1v) is 10.5.